The van der Waals surface area contributed by atoms with Crippen molar-refractivity contribution in [3.63, 3.8) is 0 Å². The van der Waals surface area contributed by atoms with Crippen molar-refractivity contribution in [2.75, 3.05) is 26.7 Å². The maximum absolute atomic E-state index is 14.0. The van der Waals surface area contributed by atoms with E-state index >= 15 is 0 Å². The van der Waals surface area contributed by atoms with Gasteiger partial charge in [0.05, 0.1) is 36.8 Å². The number of rotatable bonds is 10. The van der Waals surface area contributed by atoms with Crippen LogP contribution >= 0.6 is 0 Å². The van der Waals surface area contributed by atoms with Crippen molar-refractivity contribution in [2.45, 2.75) is 96.4 Å². The Morgan fingerprint density at radius 1 is 0.881 bits per heavy atom. The number of methoxy groups -OCH3 is 1. The molecule has 3 amide bonds. The molecule has 5 unspecified atom stereocenters. The largest absolute Gasteiger partial charge is 0.504 e. The number of amides is 3. The van der Waals surface area contributed by atoms with Gasteiger partial charge in [0, 0.05) is 25.6 Å². The van der Waals surface area contributed by atoms with Gasteiger partial charge in [0.25, 0.3) is 5.91 Å². The third kappa shape index (κ3) is 8.17. The van der Waals surface area contributed by atoms with Gasteiger partial charge in [-0.05, 0) is 114 Å². The van der Waals surface area contributed by atoms with Crippen LogP contribution in [0, 0.1) is 11.8 Å². The second kappa shape index (κ2) is 16.9. The Morgan fingerprint density at radius 2 is 1.64 bits per heavy atom. The molecular formula is C46H55N7O6. The topological polar surface area (TPSA) is 172 Å². The molecule has 2 saturated heterocycles. The van der Waals surface area contributed by atoms with Gasteiger partial charge >= 0.3 is 6.09 Å². The molecule has 3 aromatic rings. The minimum atomic E-state index is -1.13. The SMILES string of the molecule is COC(=O)NC(C(=O)N1CCCC1c1ncc(C2=CC=C(C3=Cc4ccc(C5=NC(C6CCCN6C(=O)C(C)C(C)C)NC5)cc4CC3)CC2)[nH]1)c1ccc(O)c(O)c1. The fraction of sp³-hybridized carbons (Fsp3) is 0.457. The number of ether oxygens (including phenoxy) is 1. The molecule has 0 radical (unpaired) electrons. The molecule has 8 rings (SSSR count). The van der Waals surface area contributed by atoms with E-state index < -0.39 is 17.9 Å². The number of carbonyl (C=O) groups excluding carboxylic acids is 3. The highest BCUT2D eigenvalue weighted by Gasteiger charge is 2.40. The minimum Gasteiger partial charge on any atom is -0.504 e. The third-order valence-electron chi connectivity index (χ3n) is 13.0. The number of phenols is 2. The first-order valence-electron chi connectivity index (χ1n) is 21.1. The summed E-state index contributed by atoms with van der Waals surface area (Å²) in [5.74, 6) is 0.183. The Kier molecular flexibility index (Phi) is 11.5. The molecular weight excluding hydrogens is 747 g/mol. The number of alkyl carbamates (subject to hydrolysis) is 1. The fourth-order valence-electron chi connectivity index (χ4n) is 9.19. The highest BCUT2D eigenvalue weighted by molar-refractivity contribution is 6.03. The lowest BCUT2D eigenvalue weighted by atomic mass is 9.83. The van der Waals surface area contributed by atoms with E-state index in [1.54, 1.807) is 4.90 Å². The number of phenolic OH excluding ortho intramolecular Hbond substituents is 2. The summed E-state index contributed by atoms with van der Waals surface area (Å²) in [5.41, 5.74) is 9.92. The number of aryl methyl sites for hydroxylation is 1. The average molecular weight is 802 g/mol. The Labute approximate surface area is 345 Å². The van der Waals surface area contributed by atoms with Gasteiger partial charge in [-0.3, -0.25) is 19.9 Å². The number of nitrogens with one attached hydrogen (secondary N) is 3. The molecule has 3 aliphatic heterocycles. The van der Waals surface area contributed by atoms with Crippen LogP contribution in [-0.2, 0) is 20.7 Å². The van der Waals surface area contributed by atoms with Crippen LogP contribution in [0.5, 0.6) is 11.5 Å². The maximum atomic E-state index is 14.0. The normalized spacial score (nSPS) is 22.6. The molecule has 2 aliphatic carbocycles. The summed E-state index contributed by atoms with van der Waals surface area (Å²) in [6.07, 6.45) is 14.9. The molecule has 1 aromatic heterocycles. The van der Waals surface area contributed by atoms with Gasteiger partial charge < -0.3 is 35.1 Å². The smallest absolute Gasteiger partial charge is 0.407 e. The molecule has 13 heteroatoms. The number of fused-ring (bicyclic) bond motifs is 1. The van der Waals surface area contributed by atoms with Crippen molar-refractivity contribution in [1.82, 2.24) is 30.4 Å². The second-order valence-corrected chi connectivity index (χ2v) is 16.8. The van der Waals surface area contributed by atoms with Crippen LogP contribution in [-0.4, -0.2) is 92.6 Å². The molecule has 2 aromatic carbocycles. The zero-order chi connectivity index (χ0) is 41.4. The summed E-state index contributed by atoms with van der Waals surface area (Å²) in [4.78, 5) is 56.6. The number of carbonyl (C=O) groups is 3. The third-order valence-corrected chi connectivity index (χ3v) is 13.0. The average Bonchev–Trinajstić information content (AvgIpc) is 4.10. The molecule has 0 bridgehead atoms. The van der Waals surface area contributed by atoms with E-state index in [1.807, 2.05) is 13.1 Å². The van der Waals surface area contributed by atoms with Gasteiger partial charge in [0.2, 0.25) is 5.91 Å². The Hall–Kier alpha value is -5.69. The van der Waals surface area contributed by atoms with Gasteiger partial charge in [-0.15, -0.1) is 0 Å². The highest BCUT2D eigenvalue weighted by atomic mass is 16.5. The Balaban J connectivity index is 0.930. The number of imidazole rings is 1. The number of allylic oxidation sites excluding steroid dienone is 5. The van der Waals surface area contributed by atoms with Crippen molar-refractivity contribution in [1.29, 1.82) is 0 Å². The van der Waals surface area contributed by atoms with E-state index in [-0.39, 0.29) is 41.7 Å². The molecule has 59 heavy (non-hydrogen) atoms. The number of aromatic nitrogens is 2. The van der Waals surface area contributed by atoms with E-state index in [0.717, 1.165) is 74.0 Å². The second-order valence-electron chi connectivity index (χ2n) is 16.8. The summed E-state index contributed by atoms with van der Waals surface area (Å²) < 4.78 is 4.79. The molecule has 2 fully saturated rings. The summed E-state index contributed by atoms with van der Waals surface area (Å²) in [7, 11) is 1.22. The van der Waals surface area contributed by atoms with Crippen molar-refractivity contribution in [3.05, 3.63) is 99.7 Å². The van der Waals surface area contributed by atoms with E-state index in [4.69, 9.17) is 14.7 Å². The highest BCUT2D eigenvalue weighted by Crippen LogP contribution is 2.38. The van der Waals surface area contributed by atoms with Crippen LogP contribution in [0.15, 0.2) is 70.9 Å². The van der Waals surface area contributed by atoms with Crippen molar-refractivity contribution in [2.24, 2.45) is 16.8 Å². The number of likely N-dealkylation sites (tertiary alicyclic amines) is 2. The Bertz CT molecular complexity index is 2250. The first-order chi connectivity index (χ1) is 28.5. The number of hydrogen-bond donors (Lipinski definition) is 5. The zero-order valence-corrected chi connectivity index (χ0v) is 34.3. The fourth-order valence-corrected chi connectivity index (χ4v) is 9.19. The molecule has 0 saturated carbocycles. The quantitative estimate of drug-likeness (QED) is 0.141. The molecule has 4 heterocycles. The minimum absolute atomic E-state index is 0.0118. The standard InChI is InChI=1S/C46H55N7O6/c1-26(2)27(3)44(56)52-19-5-7-37(52)42-48-25-36(50-42)33-16-15-31-21-30(13-14-32(31)22-33)28-9-11-29(12-10-28)35-24-47-43(49-35)38-8-6-20-53(38)45(57)41(51-46(58)59-4)34-17-18-39(54)40(55)23-34/h9,11,15-18,21-24,26-27,37-38,41-42,48,54-55H,5-8,10,12-14,19-20,25H2,1-4H3,(H,47,49)(H,51,58). The first kappa shape index (κ1) is 40.1. The molecule has 310 valence electrons. The first-order valence-corrected chi connectivity index (χ1v) is 21.1. The van der Waals surface area contributed by atoms with Crippen LogP contribution in [0.4, 0.5) is 4.79 Å². The van der Waals surface area contributed by atoms with Gasteiger partial charge in [-0.1, -0.05) is 57.2 Å². The van der Waals surface area contributed by atoms with Gasteiger partial charge in [-0.25, -0.2) is 9.78 Å². The van der Waals surface area contributed by atoms with Gasteiger partial charge in [0.15, 0.2) is 11.5 Å². The number of aliphatic imine (C=N–C) groups is 1. The van der Waals surface area contributed by atoms with Crippen LogP contribution in [0.1, 0.15) is 112 Å². The number of aromatic hydroxyl groups is 2. The lowest BCUT2D eigenvalue weighted by Gasteiger charge is -2.31. The van der Waals surface area contributed by atoms with Gasteiger partial charge in [-0.2, -0.15) is 0 Å². The van der Waals surface area contributed by atoms with E-state index in [2.05, 4.69) is 70.8 Å². The lowest BCUT2D eigenvalue weighted by Crippen LogP contribution is -2.48. The monoisotopic (exact) mass is 801 g/mol. The molecule has 5 atom stereocenters. The van der Waals surface area contributed by atoms with E-state index in [9.17, 15) is 24.6 Å². The number of aromatic amines is 1. The lowest BCUT2D eigenvalue weighted by molar-refractivity contribution is -0.137. The molecule has 5 N–H and O–H groups in total. The van der Waals surface area contributed by atoms with E-state index in [1.165, 1.54) is 47.6 Å². The van der Waals surface area contributed by atoms with Crippen molar-refractivity contribution < 1.29 is 29.3 Å². The summed E-state index contributed by atoms with van der Waals surface area (Å²) in [6.45, 7) is 8.28. The van der Waals surface area contributed by atoms with Crippen molar-refractivity contribution >= 4 is 35.3 Å². The Morgan fingerprint density at radius 3 is 2.41 bits per heavy atom. The number of H-pyrrole nitrogens is 1. The van der Waals surface area contributed by atoms with Gasteiger partial charge in [0.1, 0.15) is 18.0 Å². The number of hydrogen-bond acceptors (Lipinski definition) is 9. The van der Waals surface area contributed by atoms with Crippen LogP contribution in [0.3, 0.4) is 0 Å². The molecule has 13 nitrogen and oxygen atoms in total. The van der Waals surface area contributed by atoms with E-state index in [0.29, 0.717) is 36.8 Å². The summed E-state index contributed by atoms with van der Waals surface area (Å²) >= 11 is 0. The molecule has 5 aliphatic rings. The summed E-state index contributed by atoms with van der Waals surface area (Å²) in [6, 6.07) is 9.42. The summed E-state index contributed by atoms with van der Waals surface area (Å²) in [5, 5.41) is 26.2. The van der Waals surface area contributed by atoms with Crippen LogP contribution in [0.2, 0.25) is 0 Å². The number of benzene rings is 2. The van der Waals surface area contributed by atoms with Crippen molar-refractivity contribution in [3.8, 4) is 11.5 Å². The number of nitrogens with zero attached hydrogens (tertiary/aromatic N) is 4. The maximum Gasteiger partial charge on any atom is 0.407 e. The predicted octanol–water partition coefficient (Wildman–Crippen LogP) is 6.72. The predicted molar refractivity (Wildman–Crippen MR) is 225 cm³/mol. The zero-order valence-electron chi connectivity index (χ0n) is 34.3. The van der Waals surface area contributed by atoms with Crippen LogP contribution < -0.4 is 10.6 Å². The molecule has 0 spiro atoms. The van der Waals surface area contributed by atoms with Crippen LogP contribution in [0.25, 0.3) is 11.6 Å².